The predicted molar refractivity (Wildman–Crippen MR) is 173 cm³/mol. The number of carbonyl (C=O) groups excluding carboxylic acids is 1. The lowest BCUT2D eigenvalue weighted by Crippen LogP contribution is -2.37. The molecule has 1 aliphatic heterocycles. The maximum atomic E-state index is 15.2. The van der Waals surface area contributed by atoms with Crippen molar-refractivity contribution >= 4 is 22.5 Å². The van der Waals surface area contributed by atoms with E-state index in [1.54, 1.807) is 54.7 Å². The summed E-state index contributed by atoms with van der Waals surface area (Å²) in [6.45, 7) is 8.86. The molecule has 1 aliphatic rings. The third-order valence-electron chi connectivity index (χ3n) is 7.83. The van der Waals surface area contributed by atoms with E-state index in [1.165, 1.54) is 12.1 Å². The van der Waals surface area contributed by atoms with Gasteiger partial charge in [-0.05, 0) is 61.7 Å². The minimum absolute atomic E-state index is 0.00731. The molecule has 6 rings (SSSR count). The third kappa shape index (κ3) is 7.11. The van der Waals surface area contributed by atoms with Crippen LogP contribution in [0.25, 0.3) is 16.6 Å². The number of anilines is 1. The summed E-state index contributed by atoms with van der Waals surface area (Å²) >= 11 is 0. The van der Waals surface area contributed by atoms with Crippen LogP contribution in [0.5, 0.6) is 23.0 Å². The molecule has 46 heavy (non-hydrogen) atoms. The van der Waals surface area contributed by atoms with Crippen molar-refractivity contribution in [3.8, 4) is 28.7 Å². The van der Waals surface area contributed by atoms with Gasteiger partial charge in [-0.2, -0.15) is 0 Å². The normalized spacial score (nSPS) is 13.5. The van der Waals surface area contributed by atoms with E-state index in [4.69, 9.17) is 18.9 Å². The second-order valence-corrected chi connectivity index (χ2v) is 11.1. The minimum Gasteiger partial charge on any atom is -0.493 e. The van der Waals surface area contributed by atoms with E-state index in [0.29, 0.717) is 34.8 Å². The molecule has 238 valence electrons. The summed E-state index contributed by atoms with van der Waals surface area (Å²) in [6.07, 6.45) is 5.69. The Balaban J connectivity index is 1.12. The number of benzene rings is 3. The lowest BCUT2D eigenvalue weighted by molar-refractivity contribution is 0.0357. The molecule has 0 radical (unpaired) electrons. The standard InChI is InChI=1S/C35H36FN5O5/c1-23-5-6-24(2)30(17-23)41-21-29(38-22-41)35(42)39-25-7-8-32(27(36)18-25)46-31-9-10-37-28-20-34(33(43-3)19-26(28)31)45-14-4-11-40-12-15-44-16-13-40/h5-10,17-22H,4,11-16H2,1-3H3,(H,39,42). The molecule has 10 nitrogen and oxygen atoms in total. The number of ether oxygens (including phenoxy) is 4. The van der Waals surface area contributed by atoms with Crippen LogP contribution >= 0.6 is 0 Å². The number of rotatable bonds is 11. The van der Waals surface area contributed by atoms with E-state index in [-0.39, 0.29) is 17.1 Å². The van der Waals surface area contributed by atoms with Gasteiger partial charge < -0.3 is 28.8 Å². The average molecular weight is 626 g/mol. The number of fused-ring (bicyclic) bond motifs is 1. The molecule has 2 aromatic heterocycles. The summed E-state index contributed by atoms with van der Waals surface area (Å²) in [7, 11) is 1.57. The Hall–Kier alpha value is -5.00. The number of methoxy groups -OCH3 is 1. The Kier molecular flexibility index (Phi) is 9.41. The SMILES string of the molecule is COc1cc2c(Oc3ccc(NC(=O)c4cn(-c5cc(C)ccc5C)cn4)cc3F)ccnc2cc1OCCCN1CCOCC1. The zero-order valence-corrected chi connectivity index (χ0v) is 26.1. The van der Waals surface area contributed by atoms with Crippen LogP contribution in [-0.4, -0.2) is 71.9 Å². The Morgan fingerprint density at radius 3 is 2.63 bits per heavy atom. The van der Waals surface area contributed by atoms with Gasteiger partial charge in [0.05, 0.1) is 32.4 Å². The first-order chi connectivity index (χ1) is 22.4. The van der Waals surface area contributed by atoms with Gasteiger partial charge in [0.2, 0.25) is 0 Å². The first-order valence-corrected chi connectivity index (χ1v) is 15.2. The molecule has 0 aliphatic carbocycles. The molecule has 0 atom stereocenters. The van der Waals surface area contributed by atoms with Crippen LogP contribution < -0.4 is 19.5 Å². The fourth-order valence-corrected chi connectivity index (χ4v) is 5.33. The van der Waals surface area contributed by atoms with Crippen molar-refractivity contribution in [3.05, 3.63) is 96.0 Å². The number of morpholine rings is 1. The predicted octanol–water partition coefficient (Wildman–Crippen LogP) is 6.33. The van der Waals surface area contributed by atoms with E-state index in [9.17, 15) is 4.79 Å². The highest BCUT2D eigenvalue weighted by Crippen LogP contribution is 2.38. The van der Waals surface area contributed by atoms with E-state index in [1.807, 2.05) is 32.0 Å². The zero-order valence-electron chi connectivity index (χ0n) is 26.1. The Bertz CT molecular complexity index is 1850. The molecule has 0 bridgehead atoms. The smallest absolute Gasteiger partial charge is 0.275 e. The summed E-state index contributed by atoms with van der Waals surface area (Å²) < 4.78 is 40.1. The van der Waals surface area contributed by atoms with Crippen molar-refractivity contribution in [3.63, 3.8) is 0 Å². The van der Waals surface area contributed by atoms with Crippen molar-refractivity contribution in [2.45, 2.75) is 20.3 Å². The molecule has 1 N–H and O–H groups in total. The van der Waals surface area contributed by atoms with Gasteiger partial charge in [0.25, 0.3) is 5.91 Å². The monoisotopic (exact) mass is 625 g/mol. The van der Waals surface area contributed by atoms with Gasteiger partial charge in [0.15, 0.2) is 23.1 Å². The number of pyridine rings is 1. The largest absolute Gasteiger partial charge is 0.493 e. The maximum Gasteiger partial charge on any atom is 0.275 e. The van der Waals surface area contributed by atoms with Crippen LogP contribution in [0.15, 0.2) is 73.3 Å². The van der Waals surface area contributed by atoms with Crippen LogP contribution in [0, 0.1) is 19.7 Å². The molecule has 11 heteroatoms. The first-order valence-electron chi connectivity index (χ1n) is 15.2. The minimum atomic E-state index is -0.643. The number of carbonyl (C=O) groups is 1. The van der Waals surface area contributed by atoms with Crippen molar-refractivity contribution in [2.75, 3.05) is 51.9 Å². The number of amides is 1. The number of aromatic nitrogens is 3. The van der Waals surface area contributed by atoms with Crippen LogP contribution in [0.2, 0.25) is 0 Å². The number of nitrogens with one attached hydrogen (secondary N) is 1. The molecule has 3 heterocycles. The Morgan fingerprint density at radius 2 is 1.83 bits per heavy atom. The fourth-order valence-electron chi connectivity index (χ4n) is 5.33. The summed E-state index contributed by atoms with van der Waals surface area (Å²) in [4.78, 5) is 24.0. The number of nitrogens with zero attached hydrogens (tertiary/aromatic N) is 4. The van der Waals surface area contributed by atoms with Gasteiger partial charge in [0.1, 0.15) is 17.8 Å². The highest BCUT2D eigenvalue weighted by Gasteiger charge is 2.16. The number of hydrogen-bond acceptors (Lipinski definition) is 8. The highest BCUT2D eigenvalue weighted by atomic mass is 19.1. The van der Waals surface area contributed by atoms with Gasteiger partial charge in [-0.25, -0.2) is 9.37 Å². The lowest BCUT2D eigenvalue weighted by atomic mass is 10.1. The third-order valence-corrected chi connectivity index (χ3v) is 7.83. The van der Waals surface area contributed by atoms with E-state index in [0.717, 1.165) is 56.1 Å². The molecular formula is C35H36FN5O5. The highest BCUT2D eigenvalue weighted by molar-refractivity contribution is 6.02. The van der Waals surface area contributed by atoms with E-state index in [2.05, 4.69) is 20.2 Å². The second-order valence-electron chi connectivity index (χ2n) is 11.1. The van der Waals surface area contributed by atoms with Crippen molar-refractivity contribution in [1.29, 1.82) is 0 Å². The first kappa shape index (κ1) is 31.0. The molecule has 0 spiro atoms. The molecular weight excluding hydrogens is 589 g/mol. The summed E-state index contributed by atoms with van der Waals surface area (Å²) in [5.41, 5.74) is 4.18. The molecule has 0 saturated carbocycles. The Labute approximate surface area is 266 Å². The molecule has 0 unspecified atom stereocenters. The Morgan fingerprint density at radius 1 is 0.978 bits per heavy atom. The lowest BCUT2D eigenvalue weighted by Gasteiger charge is -2.26. The number of imidazole rings is 1. The number of halogens is 1. The summed E-state index contributed by atoms with van der Waals surface area (Å²) in [5, 5.41) is 3.35. The van der Waals surface area contributed by atoms with Gasteiger partial charge in [-0.1, -0.05) is 12.1 Å². The van der Waals surface area contributed by atoms with Crippen molar-refractivity contribution in [1.82, 2.24) is 19.4 Å². The van der Waals surface area contributed by atoms with E-state index >= 15 is 4.39 Å². The second kappa shape index (κ2) is 14.0. The zero-order chi connectivity index (χ0) is 32.0. The fraction of sp³-hybridized carbons (Fsp3) is 0.286. The van der Waals surface area contributed by atoms with E-state index < -0.39 is 11.7 Å². The molecule has 5 aromatic rings. The van der Waals surface area contributed by atoms with Crippen LogP contribution in [0.1, 0.15) is 28.0 Å². The van der Waals surface area contributed by atoms with Gasteiger partial charge in [-0.15, -0.1) is 0 Å². The van der Waals surface area contributed by atoms with Crippen molar-refractivity contribution < 1.29 is 28.1 Å². The molecule has 1 saturated heterocycles. The number of aryl methyl sites for hydroxylation is 2. The average Bonchev–Trinajstić information content (AvgIpc) is 3.56. The van der Waals surface area contributed by atoms with Crippen LogP contribution in [0.3, 0.4) is 0 Å². The maximum absolute atomic E-state index is 15.2. The molecule has 3 aromatic carbocycles. The van der Waals surface area contributed by atoms with Gasteiger partial charge in [0, 0.05) is 60.9 Å². The van der Waals surface area contributed by atoms with Crippen LogP contribution in [-0.2, 0) is 4.74 Å². The molecule has 1 amide bonds. The summed E-state index contributed by atoms with van der Waals surface area (Å²) in [5.74, 6) is 0.392. The quantitative estimate of drug-likeness (QED) is 0.170. The molecule has 1 fully saturated rings. The van der Waals surface area contributed by atoms with Crippen molar-refractivity contribution in [2.24, 2.45) is 0 Å². The number of hydrogen-bond donors (Lipinski definition) is 1. The topological polar surface area (TPSA) is 100.0 Å². The van der Waals surface area contributed by atoms with Crippen LogP contribution in [0.4, 0.5) is 10.1 Å². The van der Waals surface area contributed by atoms with Gasteiger partial charge >= 0.3 is 0 Å². The van der Waals surface area contributed by atoms with Gasteiger partial charge in [-0.3, -0.25) is 14.7 Å². The summed E-state index contributed by atoms with van der Waals surface area (Å²) in [6, 6.07) is 15.6.